The highest BCUT2D eigenvalue weighted by Gasteiger charge is 2.21. The van der Waals surface area contributed by atoms with Crippen LogP contribution in [0.3, 0.4) is 0 Å². The maximum atomic E-state index is 12.0. The van der Waals surface area contributed by atoms with E-state index in [1.54, 1.807) is 18.5 Å². The predicted octanol–water partition coefficient (Wildman–Crippen LogP) is 3.21. The number of fused-ring (bicyclic) bond motifs is 1. The average Bonchev–Trinajstić information content (AvgIpc) is 3.18. The fourth-order valence-corrected chi connectivity index (χ4v) is 3.82. The van der Waals surface area contributed by atoms with Gasteiger partial charge >= 0.3 is 5.69 Å². The van der Waals surface area contributed by atoms with Gasteiger partial charge in [-0.05, 0) is 49.7 Å². The third-order valence-corrected chi connectivity index (χ3v) is 5.29. The first-order valence-electron chi connectivity index (χ1n) is 10.6. The van der Waals surface area contributed by atoms with Crippen LogP contribution in [0.1, 0.15) is 17.0 Å². The van der Waals surface area contributed by atoms with Gasteiger partial charge in [-0.15, -0.1) is 0 Å². The summed E-state index contributed by atoms with van der Waals surface area (Å²) in [7, 11) is 0. The number of aryl methyl sites for hydroxylation is 2. The van der Waals surface area contributed by atoms with Crippen LogP contribution in [0.25, 0.3) is 28.6 Å². The van der Waals surface area contributed by atoms with Crippen LogP contribution >= 0.6 is 0 Å². The van der Waals surface area contributed by atoms with Crippen LogP contribution < -0.4 is 11.0 Å². The summed E-state index contributed by atoms with van der Waals surface area (Å²) >= 11 is 0. The minimum absolute atomic E-state index is 0.433. The molecular formula is C24H22N8O. The Labute approximate surface area is 189 Å². The van der Waals surface area contributed by atoms with Crippen molar-refractivity contribution in [3.63, 3.8) is 0 Å². The Kier molecular flexibility index (Phi) is 5.35. The summed E-state index contributed by atoms with van der Waals surface area (Å²) in [5.41, 5.74) is 5.34. The Bertz CT molecular complexity index is 1490. The van der Waals surface area contributed by atoms with Gasteiger partial charge in [-0.25, -0.2) is 14.8 Å². The Morgan fingerprint density at radius 1 is 0.939 bits per heavy atom. The van der Waals surface area contributed by atoms with E-state index in [1.807, 2.05) is 54.6 Å². The van der Waals surface area contributed by atoms with Crippen molar-refractivity contribution in [3.05, 3.63) is 88.5 Å². The number of nitrogens with zero attached hydrogens (tertiary/aromatic N) is 6. The molecule has 5 rings (SSSR count). The SMILES string of the molecule is Cc1cccc(-c2c(C)cnc3nc(NCCc4ccccn4)c(-c4ccnc(=O)[nH]4)n23)n1. The third-order valence-electron chi connectivity index (χ3n) is 5.29. The molecule has 0 aliphatic carbocycles. The summed E-state index contributed by atoms with van der Waals surface area (Å²) < 4.78 is 1.94. The highest BCUT2D eigenvalue weighted by atomic mass is 16.1. The first kappa shape index (κ1) is 20.5. The monoisotopic (exact) mass is 438 g/mol. The third kappa shape index (κ3) is 4.08. The van der Waals surface area contributed by atoms with E-state index in [0.717, 1.165) is 34.8 Å². The van der Waals surface area contributed by atoms with Crippen molar-refractivity contribution in [3.8, 4) is 22.8 Å². The molecule has 0 fully saturated rings. The molecule has 9 heteroatoms. The van der Waals surface area contributed by atoms with Gasteiger partial charge in [0.15, 0.2) is 5.82 Å². The second-order valence-corrected chi connectivity index (χ2v) is 7.68. The number of hydrogen-bond acceptors (Lipinski definition) is 7. The van der Waals surface area contributed by atoms with Gasteiger partial charge in [-0.2, -0.15) is 4.98 Å². The van der Waals surface area contributed by atoms with Crippen molar-refractivity contribution in [2.45, 2.75) is 20.3 Å². The van der Waals surface area contributed by atoms with Crippen molar-refractivity contribution in [2.24, 2.45) is 0 Å². The predicted molar refractivity (Wildman–Crippen MR) is 126 cm³/mol. The summed E-state index contributed by atoms with van der Waals surface area (Å²) in [6, 6.07) is 13.5. The van der Waals surface area contributed by atoms with Gasteiger partial charge in [0.05, 0.1) is 17.1 Å². The molecule has 0 saturated heterocycles. The lowest BCUT2D eigenvalue weighted by Gasteiger charge is -2.12. The summed E-state index contributed by atoms with van der Waals surface area (Å²) in [6.07, 6.45) is 5.78. The Morgan fingerprint density at radius 2 is 1.85 bits per heavy atom. The van der Waals surface area contributed by atoms with Gasteiger partial charge in [0, 0.05) is 42.9 Å². The summed E-state index contributed by atoms with van der Waals surface area (Å²) in [5.74, 6) is 1.12. The van der Waals surface area contributed by atoms with E-state index in [1.165, 1.54) is 6.20 Å². The molecule has 0 atom stereocenters. The molecule has 5 aromatic heterocycles. The molecule has 2 N–H and O–H groups in total. The number of anilines is 1. The van der Waals surface area contributed by atoms with Crippen molar-refractivity contribution in [2.75, 3.05) is 11.9 Å². The molecule has 0 aromatic carbocycles. The first-order chi connectivity index (χ1) is 16.1. The largest absolute Gasteiger partial charge is 0.368 e. The molecule has 5 aromatic rings. The summed E-state index contributed by atoms with van der Waals surface area (Å²) in [4.78, 5) is 37.1. The smallest absolute Gasteiger partial charge is 0.345 e. The quantitative estimate of drug-likeness (QED) is 0.418. The van der Waals surface area contributed by atoms with Crippen molar-refractivity contribution < 1.29 is 0 Å². The second kappa shape index (κ2) is 8.62. The maximum Gasteiger partial charge on any atom is 0.345 e. The zero-order valence-electron chi connectivity index (χ0n) is 18.3. The lowest BCUT2D eigenvalue weighted by molar-refractivity contribution is 0.956. The normalized spacial score (nSPS) is 11.1. The van der Waals surface area contributed by atoms with Gasteiger partial charge in [-0.1, -0.05) is 12.1 Å². The fraction of sp³-hybridized carbons (Fsp3) is 0.167. The topological polar surface area (TPSA) is 114 Å². The number of imidazole rings is 1. The van der Waals surface area contributed by atoms with Gasteiger partial charge in [0.25, 0.3) is 0 Å². The van der Waals surface area contributed by atoms with Crippen molar-refractivity contribution in [1.29, 1.82) is 0 Å². The standard InChI is InChI=1S/C24H22N8O/c1-15-14-28-23-31-22(26-12-9-17-7-3-4-11-25-17)21(19-10-13-27-24(33)30-19)32(23)20(15)18-8-5-6-16(2)29-18/h3-8,10-11,13-14,26H,9,12H2,1-2H3,(H,27,30,33). The minimum Gasteiger partial charge on any atom is -0.368 e. The van der Waals surface area contributed by atoms with E-state index in [-0.39, 0.29) is 0 Å². The number of aromatic nitrogens is 7. The molecule has 9 nitrogen and oxygen atoms in total. The molecule has 0 saturated carbocycles. The van der Waals surface area contributed by atoms with E-state index >= 15 is 0 Å². The van der Waals surface area contributed by atoms with E-state index in [0.29, 0.717) is 29.5 Å². The molecular weight excluding hydrogens is 416 g/mol. The van der Waals surface area contributed by atoms with E-state index < -0.39 is 5.69 Å². The molecule has 0 aliphatic heterocycles. The molecule has 0 spiro atoms. The minimum atomic E-state index is -0.433. The molecule has 33 heavy (non-hydrogen) atoms. The maximum absolute atomic E-state index is 12.0. The van der Waals surface area contributed by atoms with Gasteiger partial charge in [0.1, 0.15) is 5.69 Å². The number of rotatable bonds is 6. The average molecular weight is 438 g/mol. The first-order valence-corrected chi connectivity index (χ1v) is 10.6. The number of pyridine rings is 2. The number of aromatic amines is 1. The number of hydrogen-bond donors (Lipinski definition) is 2. The molecule has 0 aliphatic rings. The van der Waals surface area contributed by atoms with E-state index in [4.69, 9.17) is 9.97 Å². The van der Waals surface area contributed by atoms with Gasteiger partial charge in [-0.3, -0.25) is 14.4 Å². The Balaban J connectivity index is 1.68. The van der Waals surface area contributed by atoms with Gasteiger partial charge < -0.3 is 10.3 Å². The van der Waals surface area contributed by atoms with Gasteiger partial charge in [0.2, 0.25) is 5.78 Å². The van der Waals surface area contributed by atoms with Crippen LogP contribution in [-0.2, 0) is 6.42 Å². The Hall–Kier alpha value is -4.40. The van der Waals surface area contributed by atoms with Crippen molar-refractivity contribution in [1.82, 2.24) is 34.3 Å². The Morgan fingerprint density at radius 3 is 2.64 bits per heavy atom. The zero-order chi connectivity index (χ0) is 22.8. The zero-order valence-corrected chi connectivity index (χ0v) is 18.3. The van der Waals surface area contributed by atoms with E-state index in [2.05, 4.69) is 25.3 Å². The summed E-state index contributed by atoms with van der Waals surface area (Å²) in [6.45, 7) is 4.55. The molecule has 0 radical (unpaired) electrons. The number of H-pyrrole nitrogens is 1. The molecule has 5 heterocycles. The van der Waals surface area contributed by atoms with Crippen LogP contribution in [0.15, 0.2) is 65.8 Å². The van der Waals surface area contributed by atoms with Crippen LogP contribution in [-0.4, -0.2) is 40.8 Å². The van der Waals surface area contributed by atoms with Crippen LogP contribution in [0.4, 0.5) is 5.82 Å². The van der Waals surface area contributed by atoms with Crippen molar-refractivity contribution >= 4 is 11.6 Å². The highest BCUT2D eigenvalue weighted by molar-refractivity contribution is 5.77. The van der Waals surface area contributed by atoms with E-state index in [9.17, 15) is 4.79 Å². The lowest BCUT2D eigenvalue weighted by Crippen LogP contribution is -2.12. The molecule has 0 amide bonds. The second-order valence-electron chi connectivity index (χ2n) is 7.68. The van der Waals surface area contributed by atoms with Crippen LogP contribution in [0.2, 0.25) is 0 Å². The molecule has 0 bridgehead atoms. The summed E-state index contributed by atoms with van der Waals surface area (Å²) in [5, 5.41) is 3.40. The molecule has 0 unspecified atom stereocenters. The number of nitrogens with one attached hydrogen (secondary N) is 2. The van der Waals surface area contributed by atoms with Crippen LogP contribution in [0.5, 0.6) is 0 Å². The lowest BCUT2D eigenvalue weighted by atomic mass is 10.1. The fourth-order valence-electron chi connectivity index (χ4n) is 3.82. The molecule has 164 valence electrons. The highest BCUT2D eigenvalue weighted by Crippen LogP contribution is 2.32. The van der Waals surface area contributed by atoms with Crippen LogP contribution in [0, 0.1) is 13.8 Å².